The zero-order chi connectivity index (χ0) is 26.9. The number of nitrogens with one attached hydrogen (secondary N) is 2. The average molecular weight is 532 g/mol. The predicted molar refractivity (Wildman–Crippen MR) is 145 cm³/mol. The van der Waals surface area contributed by atoms with Gasteiger partial charge >= 0.3 is 0 Å². The topological polar surface area (TPSA) is 123 Å². The number of hydroxylamine groups is 1. The molecule has 1 aliphatic carbocycles. The Morgan fingerprint density at radius 1 is 1.13 bits per heavy atom. The second kappa shape index (κ2) is 10.4. The molecule has 1 atom stereocenters. The summed E-state index contributed by atoms with van der Waals surface area (Å²) in [6.07, 6.45) is 6.63. The van der Waals surface area contributed by atoms with Crippen LogP contribution in [-0.4, -0.2) is 40.5 Å². The SMILES string of the molecule is Cc1ccc2c(CCN(C3CCc4cc(/C=C/C(=O)NO)ccc43)S(=O)(=O)c3ccc(O)cc3)c[nH]c2c1. The molecule has 4 aromatic rings. The van der Waals surface area contributed by atoms with Crippen molar-refractivity contribution < 1.29 is 23.5 Å². The van der Waals surface area contributed by atoms with Crippen LogP contribution in [0.5, 0.6) is 5.75 Å². The molecule has 0 spiro atoms. The summed E-state index contributed by atoms with van der Waals surface area (Å²) in [7, 11) is -3.87. The van der Waals surface area contributed by atoms with E-state index in [-0.39, 0.29) is 23.2 Å². The molecule has 0 saturated heterocycles. The molecule has 3 aromatic carbocycles. The Bertz CT molecular complexity index is 1620. The van der Waals surface area contributed by atoms with Crippen LogP contribution in [0.25, 0.3) is 17.0 Å². The van der Waals surface area contributed by atoms with Gasteiger partial charge in [0.25, 0.3) is 5.91 Å². The summed E-state index contributed by atoms with van der Waals surface area (Å²) >= 11 is 0. The first kappa shape index (κ1) is 25.7. The van der Waals surface area contributed by atoms with E-state index in [1.807, 2.05) is 37.4 Å². The highest BCUT2D eigenvalue weighted by atomic mass is 32.2. The molecule has 1 aliphatic rings. The number of hydrogen-bond donors (Lipinski definition) is 4. The van der Waals surface area contributed by atoms with Gasteiger partial charge in [-0.1, -0.05) is 30.3 Å². The number of carbonyl (C=O) groups excluding carboxylic acids is 1. The molecule has 1 aromatic heterocycles. The number of phenolic OH excluding ortho intramolecular Hbond substituents is 1. The van der Waals surface area contributed by atoms with Crippen molar-refractivity contribution in [1.29, 1.82) is 0 Å². The Hall–Kier alpha value is -3.92. The van der Waals surface area contributed by atoms with E-state index in [1.165, 1.54) is 30.3 Å². The Labute approximate surface area is 221 Å². The largest absolute Gasteiger partial charge is 0.508 e. The quantitative estimate of drug-likeness (QED) is 0.150. The number of rotatable bonds is 8. The first-order chi connectivity index (χ1) is 18.3. The molecular formula is C29H29N3O5S. The summed E-state index contributed by atoms with van der Waals surface area (Å²) < 4.78 is 29.5. The van der Waals surface area contributed by atoms with Crippen molar-refractivity contribution >= 4 is 32.9 Å². The van der Waals surface area contributed by atoms with Crippen molar-refractivity contribution in [3.63, 3.8) is 0 Å². The number of H-pyrrole nitrogens is 1. The molecule has 0 radical (unpaired) electrons. The van der Waals surface area contributed by atoms with Crippen molar-refractivity contribution in [2.45, 2.75) is 37.1 Å². The number of aromatic hydroxyl groups is 1. The van der Waals surface area contributed by atoms with E-state index in [0.717, 1.165) is 38.7 Å². The van der Waals surface area contributed by atoms with E-state index in [1.54, 1.807) is 15.9 Å². The van der Waals surface area contributed by atoms with Gasteiger partial charge in [0.05, 0.1) is 10.9 Å². The third-order valence-electron chi connectivity index (χ3n) is 7.07. The molecule has 1 heterocycles. The van der Waals surface area contributed by atoms with Crippen LogP contribution in [0, 0.1) is 6.92 Å². The highest BCUT2D eigenvalue weighted by Gasteiger charge is 2.36. The van der Waals surface area contributed by atoms with E-state index in [0.29, 0.717) is 19.3 Å². The fourth-order valence-corrected chi connectivity index (χ4v) is 6.80. The van der Waals surface area contributed by atoms with Gasteiger partial charge in [-0.15, -0.1) is 0 Å². The number of benzene rings is 3. The fourth-order valence-electron chi connectivity index (χ4n) is 5.16. The lowest BCUT2D eigenvalue weighted by Crippen LogP contribution is -2.35. The van der Waals surface area contributed by atoms with Crippen LogP contribution in [-0.2, 0) is 27.7 Å². The van der Waals surface area contributed by atoms with E-state index in [9.17, 15) is 18.3 Å². The minimum absolute atomic E-state index is 0.00580. The number of aryl methyl sites for hydroxylation is 2. The summed E-state index contributed by atoms with van der Waals surface area (Å²) in [5.74, 6) is -0.617. The van der Waals surface area contributed by atoms with Crippen molar-refractivity contribution in [1.82, 2.24) is 14.8 Å². The molecule has 8 nitrogen and oxygen atoms in total. The van der Waals surface area contributed by atoms with Crippen LogP contribution in [0.15, 0.2) is 77.8 Å². The first-order valence-corrected chi connectivity index (χ1v) is 13.8. The van der Waals surface area contributed by atoms with E-state index >= 15 is 0 Å². The predicted octanol–water partition coefficient (Wildman–Crippen LogP) is 4.62. The van der Waals surface area contributed by atoms with Crippen LogP contribution in [0.1, 0.15) is 40.3 Å². The number of nitrogens with zero attached hydrogens (tertiary/aromatic N) is 1. The van der Waals surface area contributed by atoms with Gasteiger partial charge in [-0.25, -0.2) is 13.9 Å². The number of fused-ring (bicyclic) bond motifs is 2. The molecule has 38 heavy (non-hydrogen) atoms. The average Bonchev–Trinajstić information content (AvgIpc) is 3.51. The van der Waals surface area contributed by atoms with E-state index in [4.69, 9.17) is 5.21 Å². The second-order valence-electron chi connectivity index (χ2n) is 9.54. The number of amides is 1. The van der Waals surface area contributed by atoms with Gasteiger partial charge in [-0.05, 0) is 90.4 Å². The Kier molecular flexibility index (Phi) is 7.07. The maximum absolute atomic E-state index is 13.9. The normalized spacial score (nSPS) is 15.4. The molecule has 196 valence electrons. The van der Waals surface area contributed by atoms with Crippen LogP contribution in [0.3, 0.4) is 0 Å². The minimum atomic E-state index is -3.87. The smallest absolute Gasteiger partial charge is 0.267 e. The molecule has 9 heteroatoms. The molecule has 5 rings (SSSR count). The third-order valence-corrected chi connectivity index (χ3v) is 8.99. The summed E-state index contributed by atoms with van der Waals surface area (Å²) in [5, 5.41) is 19.5. The molecule has 1 unspecified atom stereocenters. The number of sulfonamides is 1. The molecule has 0 aliphatic heterocycles. The van der Waals surface area contributed by atoms with Gasteiger partial charge in [-0.2, -0.15) is 4.31 Å². The summed E-state index contributed by atoms with van der Waals surface area (Å²) in [5.41, 5.74) is 7.53. The lowest BCUT2D eigenvalue weighted by molar-refractivity contribution is -0.124. The van der Waals surface area contributed by atoms with Gasteiger partial charge in [0, 0.05) is 29.7 Å². The number of hydrogen-bond acceptors (Lipinski definition) is 5. The van der Waals surface area contributed by atoms with Gasteiger partial charge in [-0.3, -0.25) is 10.0 Å². The lowest BCUT2D eigenvalue weighted by atomic mass is 10.0. The minimum Gasteiger partial charge on any atom is -0.508 e. The van der Waals surface area contributed by atoms with Gasteiger partial charge < -0.3 is 10.1 Å². The Morgan fingerprint density at radius 3 is 2.68 bits per heavy atom. The summed E-state index contributed by atoms with van der Waals surface area (Å²) in [6, 6.07) is 17.2. The van der Waals surface area contributed by atoms with Crippen LogP contribution >= 0.6 is 0 Å². The van der Waals surface area contributed by atoms with Crippen molar-refractivity contribution in [2.75, 3.05) is 6.54 Å². The molecule has 1 amide bonds. The van der Waals surface area contributed by atoms with Crippen molar-refractivity contribution in [3.05, 3.63) is 101 Å². The maximum atomic E-state index is 13.9. The van der Waals surface area contributed by atoms with Gasteiger partial charge in [0.15, 0.2) is 0 Å². The molecule has 4 N–H and O–H groups in total. The zero-order valence-electron chi connectivity index (χ0n) is 20.9. The lowest BCUT2D eigenvalue weighted by Gasteiger charge is -2.29. The highest BCUT2D eigenvalue weighted by Crippen LogP contribution is 2.39. The summed E-state index contributed by atoms with van der Waals surface area (Å²) in [4.78, 5) is 14.8. The van der Waals surface area contributed by atoms with Crippen LogP contribution in [0.4, 0.5) is 0 Å². The summed E-state index contributed by atoms with van der Waals surface area (Å²) in [6.45, 7) is 2.32. The van der Waals surface area contributed by atoms with Crippen molar-refractivity contribution in [2.24, 2.45) is 0 Å². The monoisotopic (exact) mass is 531 g/mol. The van der Waals surface area contributed by atoms with Gasteiger partial charge in [0.1, 0.15) is 5.75 Å². The zero-order valence-corrected chi connectivity index (χ0v) is 21.7. The molecule has 0 saturated carbocycles. The van der Waals surface area contributed by atoms with Crippen molar-refractivity contribution in [3.8, 4) is 5.75 Å². The number of aromatic nitrogens is 1. The fraction of sp³-hybridized carbons (Fsp3) is 0.207. The first-order valence-electron chi connectivity index (χ1n) is 12.4. The number of phenols is 1. The van der Waals surface area contributed by atoms with E-state index < -0.39 is 15.9 Å². The molecule has 0 bridgehead atoms. The second-order valence-corrected chi connectivity index (χ2v) is 11.4. The maximum Gasteiger partial charge on any atom is 0.267 e. The van der Waals surface area contributed by atoms with Gasteiger partial charge in [0.2, 0.25) is 10.0 Å². The standard InChI is InChI=1S/C29H29N3O5S/c1-19-2-10-25-22(18-30-27(25)16-19)14-15-32(38(36,37)24-8-6-23(33)7-9-24)28-12-5-21-17-20(3-11-26(21)28)4-13-29(34)31-35/h2-4,6-11,13,16-18,28,30,33,35H,5,12,14-15H2,1H3,(H,31,34)/b13-4+. The highest BCUT2D eigenvalue weighted by molar-refractivity contribution is 7.89. The Morgan fingerprint density at radius 2 is 1.92 bits per heavy atom. The number of aromatic amines is 1. The third kappa shape index (κ3) is 5.08. The Balaban J connectivity index is 1.49. The molecular weight excluding hydrogens is 502 g/mol. The van der Waals surface area contributed by atoms with E-state index in [2.05, 4.69) is 17.1 Å². The van der Waals surface area contributed by atoms with Crippen LogP contribution < -0.4 is 5.48 Å². The molecule has 0 fully saturated rings. The van der Waals surface area contributed by atoms with Crippen LogP contribution in [0.2, 0.25) is 0 Å². The number of carbonyl (C=O) groups is 1.